The van der Waals surface area contributed by atoms with Crippen molar-refractivity contribution in [2.75, 3.05) is 12.3 Å². The van der Waals surface area contributed by atoms with Gasteiger partial charge in [-0.05, 0) is 30.2 Å². The van der Waals surface area contributed by atoms with Crippen LogP contribution in [0, 0.1) is 11.6 Å². The van der Waals surface area contributed by atoms with Crippen LogP contribution in [0.1, 0.15) is 15.9 Å². The highest BCUT2D eigenvalue weighted by Crippen LogP contribution is 2.17. The van der Waals surface area contributed by atoms with Crippen LogP contribution in [0.5, 0.6) is 0 Å². The van der Waals surface area contributed by atoms with Gasteiger partial charge in [0.1, 0.15) is 0 Å². The zero-order valence-electron chi connectivity index (χ0n) is 11.0. The number of amides is 1. The van der Waals surface area contributed by atoms with Gasteiger partial charge < -0.3 is 11.1 Å². The Morgan fingerprint density at radius 3 is 2.43 bits per heavy atom. The third-order valence-electron chi connectivity index (χ3n) is 2.95. The molecular formula is C15H13ClF2N2O. The van der Waals surface area contributed by atoms with E-state index in [0.29, 0.717) is 18.0 Å². The smallest absolute Gasteiger partial charge is 0.253 e. The number of halogens is 3. The van der Waals surface area contributed by atoms with Gasteiger partial charge in [0.05, 0.1) is 5.56 Å². The zero-order valence-corrected chi connectivity index (χ0v) is 11.8. The van der Waals surface area contributed by atoms with Crippen molar-refractivity contribution in [3.8, 4) is 0 Å². The maximum absolute atomic E-state index is 13.1. The first-order valence-electron chi connectivity index (χ1n) is 6.24. The number of hydrogen-bond acceptors (Lipinski definition) is 2. The second-order valence-electron chi connectivity index (χ2n) is 4.49. The topological polar surface area (TPSA) is 55.1 Å². The zero-order chi connectivity index (χ0) is 15.4. The standard InChI is InChI=1S/C15H13ClF2N2O/c16-10-3-1-9(2-4-10)5-6-20-15(21)11-7-12(17)13(18)8-14(11)19/h1-4,7-8H,5-6,19H2,(H,20,21). The second-order valence-corrected chi connectivity index (χ2v) is 4.92. The Hall–Kier alpha value is -2.14. The Kier molecular flexibility index (Phi) is 4.75. The first kappa shape index (κ1) is 15.3. The summed E-state index contributed by atoms with van der Waals surface area (Å²) in [6.07, 6.45) is 0.590. The number of carbonyl (C=O) groups excluding carboxylic acids is 1. The fourth-order valence-corrected chi connectivity index (χ4v) is 1.95. The highest BCUT2D eigenvalue weighted by molar-refractivity contribution is 6.30. The minimum Gasteiger partial charge on any atom is -0.398 e. The first-order chi connectivity index (χ1) is 9.97. The quantitative estimate of drug-likeness (QED) is 0.852. The summed E-state index contributed by atoms with van der Waals surface area (Å²) in [5.41, 5.74) is 6.33. The van der Waals surface area contributed by atoms with Crippen molar-refractivity contribution in [2.45, 2.75) is 6.42 Å². The second kappa shape index (κ2) is 6.54. The molecule has 3 N–H and O–H groups in total. The molecule has 1 amide bonds. The number of anilines is 1. The lowest BCUT2D eigenvalue weighted by Gasteiger charge is -2.08. The largest absolute Gasteiger partial charge is 0.398 e. The summed E-state index contributed by atoms with van der Waals surface area (Å²) in [6, 6.07) is 8.80. The van der Waals surface area contributed by atoms with E-state index in [4.69, 9.17) is 17.3 Å². The average Bonchev–Trinajstić information content (AvgIpc) is 2.45. The maximum atomic E-state index is 13.1. The van der Waals surface area contributed by atoms with Gasteiger partial charge in [-0.3, -0.25) is 4.79 Å². The molecule has 2 aromatic rings. The lowest BCUT2D eigenvalue weighted by Crippen LogP contribution is -2.26. The van der Waals surface area contributed by atoms with Crippen LogP contribution in [0.25, 0.3) is 0 Å². The molecule has 3 nitrogen and oxygen atoms in total. The molecule has 0 aliphatic carbocycles. The van der Waals surface area contributed by atoms with Crippen molar-refractivity contribution in [2.24, 2.45) is 0 Å². The number of nitrogens with one attached hydrogen (secondary N) is 1. The number of nitrogen functional groups attached to an aromatic ring is 1. The van der Waals surface area contributed by atoms with E-state index in [1.54, 1.807) is 12.1 Å². The molecule has 0 atom stereocenters. The summed E-state index contributed by atoms with van der Waals surface area (Å²) < 4.78 is 26.1. The van der Waals surface area contributed by atoms with E-state index in [1.807, 2.05) is 12.1 Å². The predicted octanol–water partition coefficient (Wildman–Crippen LogP) is 3.17. The summed E-state index contributed by atoms with van der Waals surface area (Å²) in [6.45, 7) is 0.346. The SMILES string of the molecule is Nc1cc(F)c(F)cc1C(=O)NCCc1ccc(Cl)cc1. The molecule has 0 aliphatic heterocycles. The highest BCUT2D eigenvalue weighted by atomic mass is 35.5. The molecule has 0 spiro atoms. The van der Waals surface area contributed by atoms with Crippen LogP contribution in [-0.2, 0) is 6.42 Å². The number of rotatable bonds is 4. The molecule has 0 fully saturated rings. The van der Waals surface area contributed by atoms with E-state index >= 15 is 0 Å². The lowest BCUT2D eigenvalue weighted by atomic mass is 10.1. The van der Waals surface area contributed by atoms with Crippen LogP contribution < -0.4 is 11.1 Å². The van der Waals surface area contributed by atoms with E-state index in [1.165, 1.54) is 0 Å². The molecule has 0 saturated heterocycles. The summed E-state index contributed by atoms with van der Waals surface area (Å²) in [7, 11) is 0. The Bertz CT molecular complexity index is 659. The normalized spacial score (nSPS) is 10.4. The number of carbonyl (C=O) groups is 1. The predicted molar refractivity (Wildman–Crippen MR) is 78.3 cm³/mol. The fourth-order valence-electron chi connectivity index (χ4n) is 1.83. The van der Waals surface area contributed by atoms with Crippen LogP contribution in [0.4, 0.5) is 14.5 Å². The first-order valence-corrected chi connectivity index (χ1v) is 6.62. The fraction of sp³-hybridized carbons (Fsp3) is 0.133. The molecule has 0 saturated carbocycles. The maximum Gasteiger partial charge on any atom is 0.253 e. The Balaban J connectivity index is 1.96. The Morgan fingerprint density at radius 1 is 1.14 bits per heavy atom. The number of hydrogen-bond donors (Lipinski definition) is 2. The number of benzene rings is 2. The third kappa shape index (κ3) is 3.92. The molecule has 0 aliphatic rings. The van der Waals surface area contributed by atoms with E-state index in [2.05, 4.69) is 5.32 Å². The van der Waals surface area contributed by atoms with Gasteiger partial charge in [0.2, 0.25) is 0 Å². The molecule has 0 aromatic heterocycles. The van der Waals surface area contributed by atoms with Gasteiger partial charge in [-0.15, -0.1) is 0 Å². The van der Waals surface area contributed by atoms with Gasteiger partial charge in [0, 0.05) is 23.3 Å². The van der Waals surface area contributed by atoms with Crippen LogP contribution in [0.15, 0.2) is 36.4 Å². The van der Waals surface area contributed by atoms with Gasteiger partial charge in [0.15, 0.2) is 11.6 Å². The van der Waals surface area contributed by atoms with Crippen molar-refractivity contribution in [1.82, 2.24) is 5.32 Å². The molecular weight excluding hydrogens is 298 g/mol. The van der Waals surface area contributed by atoms with Gasteiger partial charge in [-0.1, -0.05) is 23.7 Å². The summed E-state index contributed by atoms with van der Waals surface area (Å²) in [4.78, 5) is 11.9. The molecule has 0 radical (unpaired) electrons. The molecule has 2 rings (SSSR count). The van der Waals surface area contributed by atoms with Gasteiger partial charge >= 0.3 is 0 Å². The summed E-state index contributed by atoms with van der Waals surface area (Å²) in [5, 5.41) is 3.24. The minimum absolute atomic E-state index is 0.0787. The van der Waals surface area contributed by atoms with Gasteiger partial charge in [0.25, 0.3) is 5.91 Å². The molecule has 110 valence electrons. The lowest BCUT2D eigenvalue weighted by molar-refractivity contribution is 0.0954. The van der Waals surface area contributed by atoms with Crippen LogP contribution >= 0.6 is 11.6 Å². The highest BCUT2D eigenvalue weighted by Gasteiger charge is 2.13. The van der Waals surface area contributed by atoms with Gasteiger partial charge in [-0.25, -0.2) is 8.78 Å². The van der Waals surface area contributed by atoms with Crippen LogP contribution in [0.3, 0.4) is 0 Å². The monoisotopic (exact) mass is 310 g/mol. The Morgan fingerprint density at radius 2 is 1.76 bits per heavy atom. The van der Waals surface area contributed by atoms with Crippen molar-refractivity contribution in [3.05, 3.63) is 64.2 Å². The molecule has 0 unspecified atom stereocenters. The molecule has 2 aromatic carbocycles. The van der Waals surface area contributed by atoms with Crippen molar-refractivity contribution < 1.29 is 13.6 Å². The van der Waals surface area contributed by atoms with Gasteiger partial charge in [-0.2, -0.15) is 0 Å². The summed E-state index contributed by atoms with van der Waals surface area (Å²) >= 11 is 5.77. The van der Waals surface area contributed by atoms with E-state index in [-0.39, 0.29) is 11.3 Å². The van der Waals surface area contributed by atoms with Crippen molar-refractivity contribution >= 4 is 23.2 Å². The molecule has 21 heavy (non-hydrogen) atoms. The van der Waals surface area contributed by atoms with E-state index < -0.39 is 17.5 Å². The van der Waals surface area contributed by atoms with Crippen molar-refractivity contribution in [1.29, 1.82) is 0 Å². The van der Waals surface area contributed by atoms with E-state index in [0.717, 1.165) is 17.7 Å². The minimum atomic E-state index is -1.10. The number of nitrogens with two attached hydrogens (primary N) is 1. The molecule has 0 bridgehead atoms. The third-order valence-corrected chi connectivity index (χ3v) is 3.20. The average molecular weight is 311 g/mol. The molecule has 6 heteroatoms. The summed E-state index contributed by atoms with van der Waals surface area (Å²) in [5.74, 6) is -2.72. The van der Waals surface area contributed by atoms with Crippen LogP contribution in [-0.4, -0.2) is 12.5 Å². The van der Waals surface area contributed by atoms with Crippen LogP contribution in [0.2, 0.25) is 5.02 Å². The molecule has 0 heterocycles. The Labute approximate surface area is 125 Å². The van der Waals surface area contributed by atoms with Crippen molar-refractivity contribution in [3.63, 3.8) is 0 Å². The van der Waals surface area contributed by atoms with E-state index in [9.17, 15) is 13.6 Å².